The van der Waals surface area contributed by atoms with E-state index in [9.17, 15) is 4.79 Å². The molecule has 0 bridgehead atoms. The third-order valence-corrected chi connectivity index (χ3v) is 2.19. The van der Waals surface area contributed by atoms with E-state index < -0.39 is 12.0 Å². The van der Waals surface area contributed by atoms with E-state index in [1.54, 1.807) is 13.8 Å². The van der Waals surface area contributed by atoms with Crippen molar-refractivity contribution < 1.29 is 19.7 Å². The van der Waals surface area contributed by atoms with Gasteiger partial charge in [-0.05, 0) is 5.92 Å². The van der Waals surface area contributed by atoms with E-state index in [1.165, 1.54) is 12.4 Å². The number of nitrogens with one attached hydrogen (secondary N) is 1. The van der Waals surface area contributed by atoms with Crippen LogP contribution in [-0.2, 0) is 4.79 Å². The van der Waals surface area contributed by atoms with Crippen molar-refractivity contribution in [1.82, 2.24) is 9.97 Å². The number of aromatic nitrogens is 2. The van der Waals surface area contributed by atoms with Crippen molar-refractivity contribution in [2.75, 3.05) is 18.5 Å². The summed E-state index contributed by atoms with van der Waals surface area (Å²) in [6, 6.07) is -0.743. The van der Waals surface area contributed by atoms with Crippen molar-refractivity contribution in [3.05, 3.63) is 12.4 Å². The van der Waals surface area contributed by atoms with Crippen LogP contribution < -0.4 is 10.1 Å². The summed E-state index contributed by atoms with van der Waals surface area (Å²) in [5, 5.41) is 20.4. The number of carboxylic acids is 1. The molecule has 18 heavy (non-hydrogen) atoms. The molecule has 0 aromatic carbocycles. The lowest BCUT2D eigenvalue weighted by molar-refractivity contribution is -0.138. The van der Waals surface area contributed by atoms with E-state index in [0.717, 1.165) is 0 Å². The fourth-order valence-corrected chi connectivity index (χ4v) is 1.31. The highest BCUT2D eigenvalue weighted by Gasteiger charge is 2.21. The number of aliphatic hydroxyl groups excluding tert-OH is 1. The maximum Gasteiger partial charge on any atom is 0.326 e. The summed E-state index contributed by atoms with van der Waals surface area (Å²) in [6.07, 6.45) is 2.82. The number of carboxylic acid groups (broad SMARTS) is 1. The van der Waals surface area contributed by atoms with Gasteiger partial charge in [0.25, 0.3) is 0 Å². The van der Waals surface area contributed by atoms with Gasteiger partial charge in [-0.1, -0.05) is 13.8 Å². The Morgan fingerprint density at radius 3 is 2.78 bits per heavy atom. The summed E-state index contributed by atoms with van der Waals surface area (Å²) in [4.78, 5) is 19.0. The molecule has 0 fully saturated rings. The second kappa shape index (κ2) is 6.75. The summed E-state index contributed by atoms with van der Waals surface area (Å²) in [5.41, 5.74) is 0. The molecule has 0 spiro atoms. The number of carbonyl (C=O) groups is 1. The number of rotatable bonds is 7. The van der Waals surface area contributed by atoms with Gasteiger partial charge in [0, 0.05) is 0 Å². The zero-order chi connectivity index (χ0) is 13.5. The Bertz CT molecular complexity index is 398. The molecule has 0 saturated carbocycles. The lowest BCUT2D eigenvalue weighted by Crippen LogP contribution is -2.34. The van der Waals surface area contributed by atoms with Gasteiger partial charge in [-0.3, -0.25) is 4.98 Å². The van der Waals surface area contributed by atoms with Crippen LogP contribution in [0.2, 0.25) is 0 Å². The topological polar surface area (TPSA) is 105 Å². The molecule has 0 aliphatic heterocycles. The van der Waals surface area contributed by atoms with Gasteiger partial charge in [0.2, 0.25) is 5.88 Å². The highest BCUT2D eigenvalue weighted by atomic mass is 16.5. The van der Waals surface area contributed by atoms with E-state index in [2.05, 4.69) is 15.3 Å². The lowest BCUT2D eigenvalue weighted by atomic mass is 10.1. The molecular formula is C11H17N3O4. The lowest BCUT2D eigenvalue weighted by Gasteiger charge is -2.18. The first-order chi connectivity index (χ1) is 8.54. The molecule has 0 aliphatic carbocycles. The summed E-state index contributed by atoms with van der Waals surface area (Å²) in [6.45, 7) is 3.59. The van der Waals surface area contributed by atoms with E-state index >= 15 is 0 Å². The zero-order valence-electron chi connectivity index (χ0n) is 10.3. The maximum absolute atomic E-state index is 11.0. The van der Waals surface area contributed by atoms with Crippen molar-refractivity contribution in [2.45, 2.75) is 19.9 Å². The summed E-state index contributed by atoms with van der Waals surface area (Å²) >= 11 is 0. The van der Waals surface area contributed by atoms with Gasteiger partial charge in [-0.2, -0.15) is 4.98 Å². The summed E-state index contributed by atoms with van der Waals surface area (Å²) in [5.74, 6) is -0.478. The first-order valence-corrected chi connectivity index (χ1v) is 5.59. The van der Waals surface area contributed by atoms with Crippen LogP contribution in [0.15, 0.2) is 12.4 Å². The van der Waals surface area contributed by atoms with Crippen LogP contribution in [0.4, 0.5) is 5.82 Å². The van der Waals surface area contributed by atoms with E-state index in [-0.39, 0.29) is 25.0 Å². The highest BCUT2D eigenvalue weighted by Crippen LogP contribution is 2.13. The number of anilines is 1. The third kappa shape index (κ3) is 4.17. The zero-order valence-corrected chi connectivity index (χ0v) is 10.3. The predicted molar refractivity (Wildman–Crippen MR) is 64.5 cm³/mol. The average molecular weight is 255 g/mol. The number of aliphatic hydroxyl groups is 1. The van der Waals surface area contributed by atoms with E-state index in [1.807, 2.05) is 0 Å². The molecule has 0 saturated heterocycles. The Morgan fingerprint density at radius 2 is 2.22 bits per heavy atom. The second-order valence-electron chi connectivity index (χ2n) is 4.02. The van der Waals surface area contributed by atoms with Gasteiger partial charge in [0.1, 0.15) is 18.5 Å². The van der Waals surface area contributed by atoms with Gasteiger partial charge in [0.05, 0.1) is 19.0 Å². The fraction of sp³-hybridized carbons (Fsp3) is 0.545. The molecule has 7 heteroatoms. The van der Waals surface area contributed by atoms with Crippen molar-refractivity contribution >= 4 is 11.8 Å². The summed E-state index contributed by atoms with van der Waals surface area (Å²) in [7, 11) is 0. The Labute approximate surface area is 105 Å². The Kier molecular flexibility index (Phi) is 5.31. The SMILES string of the molecule is CC(C)[C@H](Nc1cncc(OCCO)n1)C(=O)O. The first kappa shape index (κ1) is 14.2. The van der Waals surface area contributed by atoms with Crippen LogP contribution in [0.1, 0.15) is 13.8 Å². The minimum absolute atomic E-state index is 0.0914. The van der Waals surface area contributed by atoms with Gasteiger partial charge >= 0.3 is 5.97 Å². The van der Waals surface area contributed by atoms with Gasteiger partial charge < -0.3 is 20.3 Å². The average Bonchev–Trinajstić information content (AvgIpc) is 2.33. The van der Waals surface area contributed by atoms with Crippen LogP contribution in [0.3, 0.4) is 0 Å². The Hall–Kier alpha value is -1.89. The van der Waals surface area contributed by atoms with Crippen LogP contribution in [0.5, 0.6) is 5.88 Å². The minimum atomic E-state index is -0.950. The fourth-order valence-electron chi connectivity index (χ4n) is 1.31. The quantitative estimate of drug-likeness (QED) is 0.646. The molecule has 1 aromatic heterocycles. The number of ether oxygens (including phenoxy) is 1. The van der Waals surface area contributed by atoms with Gasteiger partial charge in [0.15, 0.2) is 0 Å². The van der Waals surface area contributed by atoms with Crippen LogP contribution in [0, 0.1) is 5.92 Å². The maximum atomic E-state index is 11.0. The molecule has 0 radical (unpaired) electrons. The van der Waals surface area contributed by atoms with Crippen molar-refractivity contribution in [3.63, 3.8) is 0 Å². The van der Waals surface area contributed by atoms with E-state index in [4.69, 9.17) is 14.9 Å². The monoisotopic (exact) mass is 255 g/mol. The third-order valence-electron chi connectivity index (χ3n) is 2.19. The molecular weight excluding hydrogens is 238 g/mol. The van der Waals surface area contributed by atoms with Crippen molar-refractivity contribution in [3.8, 4) is 5.88 Å². The molecule has 1 rings (SSSR count). The number of nitrogens with zero attached hydrogens (tertiary/aromatic N) is 2. The van der Waals surface area contributed by atoms with Gasteiger partial charge in [-0.25, -0.2) is 4.79 Å². The smallest absolute Gasteiger partial charge is 0.326 e. The Morgan fingerprint density at radius 1 is 1.50 bits per heavy atom. The minimum Gasteiger partial charge on any atom is -0.480 e. The van der Waals surface area contributed by atoms with Gasteiger partial charge in [-0.15, -0.1) is 0 Å². The molecule has 1 heterocycles. The molecule has 0 amide bonds. The molecule has 3 N–H and O–H groups in total. The molecule has 1 aromatic rings. The first-order valence-electron chi connectivity index (χ1n) is 5.59. The molecule has 1 atom stereocenters. The number of hydrogen-bond acceptors (Lipinski definition) is 6. The predicted octanol–water partition coefficient (Wildman–Crippen LogP) is 0.369. The van der Waals surface area contributed by atoms with Crippen molar-refractivity contribution in [2.24, 2.45) is 5.92 Å². The highest BCUT2D eigenvalue weighted by molar-refractivity contribution is 5.77. The molecule has 7 nitrogen and oxygen atoms in total. The number of aliphatic carboxylic acids is 1. The summed E-state index contributed by atoms with van der Waals surface area (Å²) < 4.78 is 5.09. The Balaban J connectivity index is 2.74. The molecule has 0 aliphatic rings. The molecule has 0 unspecified atom stereocenters. The van der Waals surface area contributed by atoms with Crippen molar-refractivity contribution in [1.29, 1.82) is 0 Å². The van der Waals surface area contributed by atoms with Crippen LogP contribution in [0.25, 0.3) is 0 Å². The molecule has 100 valence electrons. The largest absolute Gasteiger partial charge is 0.480 e. The second-order valence-corrected chi connectivity index (χ2v) is 4.02. The van der Waals surface area contributed by atoms with Crippen LogP contribution in [-0.4, -0.2) is 45.4 Å². The standard InChI is InChI=1S/C11H17N3O4/c1-7(2)10(11(16)17)14-8-5-12-6-9(13-8)18-4-3-15/h5-7,10,15H,3-4H2,1-2H3,(H,13,14)(H,16,17)/t10-/m0/s1. The van der Waals surface area contributed by atoms with Crippen LogP contribution >= 0.6 is 0 Å². The number of hydrogen-bond donors (Lipinski definition) is 3. The van der Waals surface area contributed by atoms with E-state index in [0.29, 0.717) is 5.82 Å². The normalized spacial score (nSPS) is 12.2.